The Labute approximate surface area is 165 Å². The van der Waals surface area contributed by atoms with Gasteiger partial charge in [0.1, 0.15) is 5.60 Å². The van der Waals surface area contributed by atoms with Crippen LogP contribution in [0.5, 0.6) is 0 Å². The molecular formula is C20H20N2O3S2. The zero-order valence-electron chi connectivity index (χ0n) is 15.0. The first-order valence-electron chi connectivity index (χ1n) is 8.34. The van der Waals surface area contributed by atoms with Crippen LogP contribution < -0.4 is 10.6 Å². The molecule has 0 fully saturated rings. The summed E-state index contributed by atoms with van der Waals surface area (Å²) in [6, 6.07) is 17.0. The lowest BCUT2D eigenvalue weighted by Gasteiger charge is -2.22. The molecule has 140 valence electrons. The zero-order chi connectivity index (χ0) is 19.4. The second kappa shape index (κ2) is 8.12. The normalized spacial score (nSPS) is 13.1. The molecule has 5 nitrogen and oxygen atoms in total. The van der Waals surface area contributed by atoms with E-state index >= 15 is 0 Å². The van der Waals surface area contributed by atoms with Crippen molar-refractivity contribution >= 4 is 50.7 Å². The molecule has 7 heteroatoms. The van der Waals surface area contributed by atoms with E-state index in [1.54, 1.807) is 30.8 Å². The Morgan fingerprint density at radius 2 is 1.89 bits per heavy atom. The van der Waals surface area contributed by atoms with Gasteiger partial charge in [-0.05, 0) is 48.9 Å². The van der Waals surface area contributed by atoms with Crippen molar-refractivity contribution in [2.24, 2.45) is 0 Å². The fourth-order valence-electron chi connectivity index (χ4n) is 2.56. The predicted octanol–water partition coefficient (Wildman–Crippen LogP) is 3.59. The summed E-state index contributed by atoms with van der Waals surface area (Å²) in [5, 5.41) is 16.9. The number of thiophene rings is 1. The van der Waals surface area contributed by atoms with Crippen molar-refractivity contribution in [1.82, 2.24) is 5.32 Å². The van der Waals surface area contributed by atoms with Gasteiger partial charge in [0.2, 0.25) is 0 Å². The molecule has 3 aromatic rings. The number of hydrogen-bond acceptors (Lipinski definition) is 5. The van der Waals surface area contributed by atoms with Gasteiger partial charge in [0.05, 0.1) is 6.54 Å². The van der Waals surface area contributed by atoms with E-state index in [0.717, 1.165) is 19.9 Å². The van der Waals surface area contributed by atoms with Gasteiger partial charge in [-0.3, -0.25) is 9.59 Å². The molecule has 1 atom stereocenters. The summed E-state index contributed by atoms with van der Waals surface area (Å²) in [6.45, 7) is 1.56. The van der Waals surface area contributed by atoms with E-state index in [2.05, 4.69) is 10.6 Å². The van der Waals surface area contributed by atoms with E-state index in [1.165, 1.54) is 11.3 Å². The van der Waals surface area contributed by atoms with Gasteiger partial charge >= 0.3 is 11.8 Å². The molecule has 3 N–H and O–H groups in total. The van der Waals surface area contributed by atoms with E-state index in [0.29, 0.717) is 5.69 Å². The topological polar surface area (TPSA) is 78.4 Å². The number of hydrogen-bond donors (Lipinski definition) is 3. The first kappa shape index (κ1) is 19.4. The summed E-state index contributed by atoms with van der Waals surface area (Å²) in [6.07, 6.45) is 1.93. The number of aliphatic hydroxyl groups is 1. The third-order valence-electron chi connectivity index (χ3n) is 4.08. The SMILES string of the molecule is CSc1cccc(NC(=O)C(=O)NCC(C)(O)c2cc3ccccc3s2)c1. The van der Waals surface area contributed by atoms with Gasteiger partial charge in [-0.25, -0.2) is 0 Å². The summed E-state index contributed by atoms with van der Waals surface area (Å²) >= 11 is 3.01. The number of rotatable bonds is 5. The van der Waals surface area contributed by atoms with Crippen LogP contribution in [0.3, 0.4) is 0 Å². The Kier molecular flexibility index (Phi) is 5.84. The summed E-state index contributed by atoms with van der Waals surface area (Å²) in [4.78, 5) is 25.9. The Balaban J connectivity index is 1.62. The van der Waals surface area contributed by atoms with Gasteiger partial charge < -0.3 is 15.7 Å². The van der Waals surface area contributed by atoms with Crippen LogP contribution in [0.25, 0.3) is 10.1 Å². The minimum atomic E-state index is -1.27. The molecular weight excluding hydrogens is 380 g/mol. The van der Waals surface area contributed by atoms with Crippen LogP contribution in [0.4, 0.5) is 5.69 Å². The van der Waals surface area contributed by atoms with Crippen LogP contribution in [-0.2, 0) is 15.2 Å². The number of carbonyl (C=O) groups excluding carboxylic acids is 2. The zero-order valence-corrected chi connectivity index (χ0v) is 16.6. The van der Waals surface area contributed by atoms with E-state index in [-0.39, 0.29) is 6.54 Å². The maximum Gasteiger partial charge on any atom is 0.313 e. The van der Waals surface area contributed by atoms with Gasteiger partial charge in [0.15, 0.2) is 0 Å². The van der Waals surface area contributed by atoms with Gasteiger partial charge in [0.25, 0.3) is 0 Å². The number of benzene rings is 2. The molecule has 0 aliphatic rings. The molecule has 0 aliphatic heterocycles. The maximum absolute atomic E-state index is 12.1. The highest BCUT2D eigenvalue weighted by Gasteiger charge is 2.27. The fourth-order valence-corrected chi connectivity index (χ4v) is 4.12. The predicted molar refractivity (Wildman–Crippen MR) is 111 cm³/mol. The van der Waals surface area contributed by atoms with Gasteiger partial charge in [-0.1, -0.05) is 24.3 Å². The number of anilines is 1. The summed E-state index contributed by atoms with van der Waals surface area (Å²) in [5.74, 6) is -1.55. The molecule has 1 unspecified atom stereocenters. The number of carbonyl (C=O) groups is 2. The molecule has 0 spiro atoms. The molecule has 0 radical (unpaired) electrons. The lowest BCUT2D eigenvalue weighted by atomic mass is 10.0. The van der Waals surface area contributed by atoms with Crippen LogP contribution in [0, 0.1) is 0 Å². The van der Waals surface area contributed by atoms with Crippen LogP contribution >= 0.6 is 23.1 Å². The quantitative estimate of drug-likeness (QED) is 0.452. The van der Waals surface area contributed by atoms with Crippen molar-refractivity contribution in [1.29, 1.82) is 0 Å². The Bertz CT molecular complexity index is 949. The third-order valence-corrected chi connectivity index (χ3v) is 6.18. The second-order valence-electron chi connectivity index (χ2n) is 6.29. The highest BCUT2D eigenvalue weighted by atomic mass is 32.2. The van der Waals surface area contributed by atoms with Crippen molar-refractivity contribution < 1.29 is 14.7 Å². The maximum atomic E-state index is 12.1. The summed E-state index contributed by atoms with van der Waals surface area (Å²) in [7, 11) is 0. The van der Waals surface area contributed by atoms with Gasteiger partial charge in [-0.15, -0.1) is 23.1 Å². The van der Waals surface area contributed by atoms with Crippen molar-refractivity contribution in [3.8, 4) is 0 Å². The molecule has 0 saturated carbocycles. The largest absolute Gasteiger partial charge is 0.383 e. The number of thioether (sulfide) groups is 1. The monoisotopic (exact) mass is 400 g/mol. The second-order valence-corrected chi connectivity index (χ2v) is 8.25. The standard InChI is InChI=1S/C20H20N2O3S2/c1-20(25,17-10-13-6-3-4-9-16(13)27-17)12-21-18(23)19(24)22-14-7-5-8-15(11-14)26-2/h3-11,25H,12H2,1-2H3,(H,21,23)(H,22,24). The first-order chi connectivity index (χ1) is 12.9. The van der Waals surface area contributed by atoms with E-state index in [4.69, 9.17) is 0 Å². The van der Waals surface area contributed by atoms with Crippen molar-refractivity contribution in [3.05, 3.63) is 59.5 Å². The first-order valence-corrected chi connectivity index (χ1v) is 10.4. The van der Waals surface area contributed by atoms with Crippen LogP contribution in [0.2, 0.25) is 0 Å². The van der Waals surface area contributed by atoms with Crippen molar-refractivity contribution in [3.63, 3.8) is 0 Å². The molecule has 1 aromatic heterocycles. The highest BCUT2D eigenvalue weighted by Crippen LogP contribution is 2.32. The molecule has 1 heterocycles. The Hall–Kier alpha value is -2.35. The van der Waals surface area contributed by atoms with E-state index in [9.17, 15) is 14.7 Å². The van der Waals surface area contributed by atoms with E-state index in [1.807, 2.05) is 48.7 Å². The third kappa shape index (κ3) is 4.68. The van der Waals surface area contributed by atoms with Crippen molar-refractivity contribution in [2.75, 3.05) is 18.1 Å². The molecule has 2 amide bonds. The molecule has 0 saturated heterocycles. The fraction of sp³-hybridized carbons (Fsp3) is 0.200. The van der Waals surface area contributed by atoms with Gasteiger partial charge in [0, 0.05) is 20.2 Å². The Morgan fingerprint density at radius 3 is 2.63 bits per heavy atom. The lowest BCUT2D eigenvalue weighted by molar-refractivity contribution is -0.136. The molecule has 2 aromatic carbocycles. The molecule has 27 heavy (non-hydrogen) atoms. The molecule has 0 bridgehead atoms. The average Bonchev–Trinajstić information content (AvgIpc) is 3.11. The number of fused-ring (bicyclic) bond motifs is 1. The van der Waals surface area contributed by atoms with Crippen molar-refractivity contribution in [2.45, 2.75) is 17.4 Å². The lowest BCUT2D eigenvalue weighted by Crippen LogP contribution is -2.42. The van der Waals surface area contributed by atoms with Crippen LogP contribution in [0.1, 0.15) is 11.8 Å². The summed E-state index contributed by atoms with van der Waals surface area (Å²) < 4.78 is 1.06. The minimum Gasteiger partial charge on any atom is -0.383 e. The van der Waals surface area contributed by atoms with Crippen LogP contribution in [0.15, 0.2) is 59.5 Å². The summed E-state index contributed by atoms with van der Waals surface area (Å²) in [5.41, 5.74) is -0.712. The Morgan fingerprint density at radius 1 is 1.11 bits per heavy atom. The average molecular weight is 401 g/mol. The van der Waals surface area contributed by atoms with Crippen LogP contribution in [-0.4, -0.2) is 29.7 Å². The number of nitrogens with one attached hydrogen (secondary N) is 2. The minimum absolute atomic E-state index is 0.0586. The number of amides is 2. The smallest absolute Gasteiger partial charge is 0.313 e. The molecule has 3 rings (SSSR count). The van der Waals surface area contributed by atoms with E-state index < -0.39 is 17.4 Å². The highest BCUT2D eigenvalue weighted by molar-refractivity contribution is 7.98. The molecule has 0 aliphatic carbocycles. The van der Waals surface area contributed by atoms with Gasteiger partial charge in [-0.2, -0.15) is 0 Å².